The minimum Gasteiger partial charge on any atom is -0.333 e. The summed E-state index contributed by atoms with van der Waals surface area (Å²) in [7, 11) is 4.24. The van der Waals surface area contributed by atoms with Crippen LogP contribution in [0, 0.1) is 5.92 Å². The predicted molar refractivity (Wildman–Crippen MR) is 164 cm³/mol. The highest BCUT2D eigenvalue weighted by Crippen LogP contribution is 2.56. The molecular weight excluding hydrogens is 547 g/mol. The average molecular weight is 586 g/mol. The van der Waals surface area contributed by atoms with Crippen molar-refractivity contribution >= 4 is 46.0 Å². The van der Waals surface area contributed by atoms with Crippen molar-refractivity contribution in [3.8, 4) is 0 Å². The molecule has 0 bridgehead atoms. The maximum atomic E-state index is 14.3. The number of amides is 1. The van der Waals surface area contributed by atoms with Crippen molar-refractivity contribution < 1.29 is 4.79 Å². The number of halogens is 2. The molecule has 2 heterocycles. The van der Waals surface area contributed by atoms with Crippen LogP contribution < -0.4 is 0 Å². The molecule has 2 aliphatic heterocycles. The van der Waals surface area contributed by atoms with Gasteiger partial charge in [0.25, 0.3) is 5.91 Å². The average Bonchev–Trinajstić information content (AvgIpc) is 3.34. The Hall–Kier alpha value is -1.99. The molecule has 0 radical (unpaired) electrons. The monoisotopic (exact) mass is 584 g/mol. The zero-order chi connectivity index (χ0) is 28.2. The number of carbonyl (C=O) groups is 1. The number of rotatable bonds is 7. The number of benzene rings is 2. The summed E-state index contributed by atoms with van der Waals surface area (Å²) in [6.07, 6.45) is 2.02. The zero-order valence-corrected chi connectivity index (χ0v) is 26.1. The summed E-state index contributed by atoms with van der Waals surface area (Å²) in [4.78, 5) is 27.2. The van der Waals surface area contributed by atoms with Gasteiger partial charge in [-0.15, -0.1) is 0 Å². The number of nitrogens with zero attached hydrogens (tertiary/aromatic N) is 4. The lowest BCUT2D eigenvalue weighted by molar-refractivity contribution is -0.134. The second-order valence-electron chi connectivity index (χ2n) is 11.9. The van der Waals surface area contributed by atoms with E-state index in [2.05, 4.69) is 87.7 Å². The fraction of sp³-hybridized carbons (Fsp3) is 0.484. The van der Waals surface area contributed by atoms with Gasteiger partial charge in [0, 0.05) is 33.9 Å². The molecule has 5 rings (SSSR count). The molecule has 8 heteroatoms. The van der Waals surface area contributed by atoms with Gasteiger partial charge in [0.2, 0.25) is 0 Å². The first-order valence-corrected chi connectivity index (χ1v) is 15.3. The maximum Gasteiger partial charge on any atom is 0.263 e. The molecular formula is C31H38Cl2N4OS. The van der Waals surface area contributed by atoms with E-state index in [9.17, 15) is 4.79 Å². The minimum absolute atomic E-state index is 0.121. The van der Waals surface area contributed by atoms with E-state index in [1.165, 1.54) is 11.8 Å². The van der Waals surface area contributed by atoms with E-state index in [1.54, 1.807) is 0 Å². The van der Waals surface area contributed by atoms with Crippen LogP contribution in [-0.4, -0.2) is 58.0 Å². The van der Waals surface area contributed by atoms with E-state index in [-0.39, 0.29) is 30.0 Å². The normalized spacial score (nSPS) is 26.4. The highest BCUT2D eigenvalue weighted by atomic mass is 35.5. The Morgan fingerprint density at radius 1 is 0.974 bits per heavy atom. The Morgan fingerprint density at radius 2 is 1.54 bits per heavy atom. The quantitative estimate of drug-likeness (QED) is 0.336. The van der Waals surface area contributed by atoms with Gasteiger partial charge in [0.05, 0.1) is 6.04 Å². The topological polar surface area (TPSA) is 39.2 Å². The molecule has 39 heavy (non-hydrogen) atoms. The molecule has 1 saturated carbocycles. The van der Waals surface area contributed by atoms with Crippen LogP contribution >= 0.6 is 35.0 Å². The number of allylic oxidation sites excluding steroid dienone is 1. The van der Waals surface area contributed by atoms with Gasteiger partial charge in [-0.25, -0.2) is 4.99 Å². The molecule has 208 valence electrons. The van der Waals surface area contributed by atoms with Gasteiger partial charge in [0.1, 0.15) is 10.4 Å². The molecule has 0 aromatic heterocycles. The van der Waals surface area contributed by atoms with Crippen LogP contribution in [0.25, 0.3) is 0 Å². The van der Waals surface area contributed by atoms with Gasteiger partial charge in [0.15, 0.2) is 5.17 Å². The molecule has 1 aliphatic carbocycles. The summed E-state index contributed by atoms with van der Waals surface area (Å²) in [5.74, 6) is 0.262. The van der Waals surface area contributed by atoms with Crippen molar-refractivity contribution in [2.24, 2.45) is 10.9 Å². The third-order valence-corrected chi connectivity index (χ3v) is 9.93. The fourth-order valence-corrected chi connectivity index (χ4v) is 7.81. The fourth-order valence-electron chi connectivity index (χ4n) is 6.21. The van der Waals surface area contributed by atoms with E-state index >= 15 is 0 Å². The lowest BCUT2D eigenvalue weighted by Crippen LogP contribution is -2.56. The van der Waals surface area contributed by atoms with Gasteiger partial charge in [-0.05, 0) is 101 Å². The highest BCUT2D eigenvalue weighted by molar-refractivity contribution is 8.18. The summed E-state index contributed by atoms with van der Waals surface area (Å²) in [6, 6.07) is 16.8. The first-order valence-electron chi connectivity index (χ1n) is 13.7. The number of thioether (sulfide) groups is 1. The van der Waals surface area contributed by atoms with Crippen molar-refractivity contribution in [2.45, 2.75) is 77.2 Å². The van der Waals surface area contributed by atoms with Crippen LogP contribution in [0.4, 0.5) is 0 Å². The second kappa shape index (κ2) is 10.8. The van der Waals surface area contributed by atoms with Crippen LogP contribution in [0.5, 0.6) is 0 Å². The molecule has 0 spiro atoms. The maximum absolute atomic E-state index is 14.3. The van der Waals surface area contributed by atoms with E-state index in [4.69, 9.17) is 28.2 Å². The number of hydrogen-bond donors (Lipinski definition) is 0. The van der Waals surface area contributed by atoms with Crippen molar-refractivity contribution in [3.63, 3.8) is 0 Å². The lowest BCUT2D eigenvalue weighted by atomic mass is 9.81. The van der Waals surface area contributed by atoms with Gasteiger partial charge < -0.3 is 14.7 Å². The molecule has 0 unspecified atom stereocenters. The molecule has 0 N–H and O–H groups in total. The highest BCUT2D eigenvalue weighted by Gasteiger charge is 2.54. The van der Waals surface area contributed by atoms with Gasteiger partial charge in [-0.3, -0.25) is 4.79 Å². The molecule has 2 atom stereocenters. The van der Waals surface area contributed by atoms with Crippen molar-refractivity contribution in [2.75, 3.05) is 14.1 Å². The Bertz CT molecular complexity index is 1300. The van der Waals surface area contributed by atoms with Crippen molar-refractivity contribution in [1.82, 2.24) is 14.7 Å². The third kappa shape index (κ3) is 5.03. The van der Waals surface area contributed by atoms with Crippen molar-refractivity contribution in [1.29, 1.82) is 0 Å². The molecule has 0 saturated heterocycles. The van der Waals surface area contributed by atoms with Crippen LogP contribution in [0.3, 0.4) is 0 Å². The standard InChI is InChI=1S/C31H38Cl2N4OS/c1-18(2)26-27(29(38)36(19(3)4)25-16-24(17-25)35(6)7)39-30-34-31(5,21-10-14-23(33)15-11-21)28(37(26)30)20-8-12-22(32)13-9-20/h8-15,18-19,24-25,28H,16-17H2,1-7H3/t24?,25?,28-,31+/m1/s1. The number of carbonyl (C=O) groups excluding carboxylic acids is 1. The minimum atomic E-state index is -0.569. The SMILES string of the molecule is CC(C)C1=C(C(=O)N(C(C)C)C2CC(N(C)C)C2)SC2=N[C@@](C)(c3ccc(Cl)cc3)[C@@H](c3ccc(Cl)cc3)N21. The summed E-state index contributed by atoms with van der Waals surface area (Å²) < 4.78 is 0. The first kappa shape index (κ1) is 28.5. The molecule has 2 aromatic rings. The summed E-state index contributed by atoms with van der Waals surface area (Å²) in [5, 5.41) is 2.27. The van der Waals surface area contributed by atoms with Crippen LogP contribution in [0.2, 0.25) is 10.0 Å². The Morgan fingerprint density at radius 3 is 2.05 bits per heavy atom. The molecule has 1 amide bonds. The van der Waals surface area contributed by atoms with E-state index in [0.717, 1.165) is 39.7 Å². The second-order valence-corrected chi connectivity index (χ2v) is 13.7. The van der Waals surface area contributed by atoms with Crippen LogP contribution in [0.15, 0.2) is 64.1 Å². The van der Waals surface area contributed by atoms with Crippen LogP contribution in [0.1, 0.15) is 64.6 Å². The smallest absolute Gasteiger partial charge is 0.263 e. The predicted octanol–water partition coefficient (Wildman–Crippen LogP) is 7.57. The zero-order valence-electron chi connectivity index (χ0n) is 23.8. The number of amidine groups is 1. The largest absolute Gasteiger partial charge is 0.333 e. The Labute approximate surface area is 247 Å². The molecule has 3 aliphatic rings. The van der Waals surface area contributed by atoms with E-state index in [1.807, 2.05) is 24.3 Å². The van der Waals surface area contributed by atoms with Gasteiger partial charge >= 0.3 is 0 Å². The third-order valence-electron chi connectivity index (χ3n) is 8.37. The summed E-state index contributed by atoms with van der Waals surface area (Å²) in [5.41, 5.74) is 2.67. The van der Waals surface area contributed by atoms with E-state index < -0.39 is 5.54 Å². The van der Waals surface area contributed by atoms with Gasteiger partial charge in [-0.2, -0.15) is 0 Å². The molecule has 5 nitrogen and oxygen atoms in total. The lowest BCUT2D eigenvalue weighted by Gasteiger charge is -2.47. The summed E-state index contributed by atoms with van der Waals surface area (Å²) in [6.45, 7) is 10.8. The Kier molecular flexibility index (Phi) is 7.88. The van der Waals surface area contributed by atoms with Crippen molar-refractivity contribution in [3.05, 3.63) is 80.3 Å². The first-order chi connectivity index (χ1) is 18.4. The Balaban J connectivity index is 1.58. The van der Waals surface area contributed by atoms with E-state index in [0.29, 0.717) is 16.1 Å². The van der Waals surface area contributed by atoms with Crippen LogP contribution in [-0.2, 0) is 10.3 Å². The number of fused-ring (bicyclic) bond motifs is 1. The molecule has 2 aromatic carbocycles. The summed E-state index contributed by atoms with van der Waals surface area (Å²) >= 11 is 14.1. The number of hydrogen-bond acceptors (Lipinski definition) is 5. The molecule has 1 fully saturated rings. The van der Waals surface area contributed by atoms with Gasteiger partial charge in [-0.1, -0.05) is 61.3 Å². The number of aliphatic imine (C=N–C) groups is 1.